The molecule has 2 aliphatic rings. The molecule has 0 N–H and O–H groups in total. The number of hydrogen-bond donors (Lipinski definition) is 0. The Morgan fingerprint density at radius 3 is 1.07 bits per heavy atom. The molecule has 0 nitrogen and oxygen atoms in total. The second kappa shape index (κ2) is 15.5. The van der Waals surface area contributed by atoms with Crippen LogP contribution >= 0.6 is 15.8 Å². The molecule has 3 heteroatoms. The van der Waals surface area contributed by atoms with E-state index in [0.29, 0.717) is 22.6 Å². The van der Waals surface area contributed by atoms with Gasteiger partial charge in [-0.25, -0.2) is 12.1 Å². The summed E-state index contributed by atoms with van der Waals surface area (Å²) in [5.74, 6) is 0. The van der Waals surface area contributed by atoms with Crippen LogP contribution in [0.4, 0.5) is 0 Å². The minimum Gasteiger partial charge on any atom is -0.747 e. The second-order valence-corrected chi connectivity index (χ2v) is 17.1. The van der Waals surface area contributed by atoms with E-state index in [0.717, 1.165) is 0 Å². The van der Waals surface area contributed by atoms with Crippen LogP contribution in [-0.4, -0.2) is 0 Å². The van der Waals surface area contributed by atoms with Crippen molar-refractivity contribution in [2.75, 3.05) is 0 Å². The average molecular weight is 663 g/mol. The largest absolute Gasteiger partial charge is 0.747 e. The van der Waals surface area contributed by atoms with Crippen molar-refractivity contribution >= 4 is 26.5 Å². The molecule has 0 bridgehead atoms. The van der Waals surface area contributed by atoms with Crippen LogP contribution in [0.2, 0.25) is 0 Å². The molecule has 6 aromatic carbocycles. The molecule has 6 aromatic rings. The Kier molecular flexibility index (Phi) is 11.0. The summed E-state index contributed by atoms with van der Waals surface area (Å²) in [7, 11) is -0.365. The first kappa shape index (κ1) is 31.9. The van der Waals surface area contributed by atoms with Gasteiger partial charge < -0.3 is 29.6 Å². The van der Waals surface area contributed by atoms with Gasteiger partial charge in [0.05, 0.1) is 0 Å². The summed E-state index contributed by atoms with van der Waals surface area (Å²) in [5, 5.41) is 3.13. The Labute approximate surface area is 282 Å². The molecule has 4 unspecified atom stereocenters. The average Bonchev–Trinajstić information content (AvgIpc) is 3.93. The number of benzene rings is 4. The van der Waals surface area contributed by atoms with E-state index in [2.05, 4.69) is 170 Å². The predicted octanol–water partition coefficient (Wildman–Crippen LogP) is 11.6. The quantitative estimate of drug-likeness (QED) is 0.0946. The van der Waals surface area contributed by atoms with Gasteiger partial charge in [0.1, 0.15) is 0 Å². The van der Waals surface area contributed by atoms with Gasteiger partial charge in [0.15, 0.2) is 0 Å². The van der Waals surface area contributed by atoms with Crippen LogP contribution in [0.1, 0.15) is 70.6 Å². The third-order valence-corrected chi connectivity index (χ3v) is 16.1. The Morgan fingerprint density at radius 1 is 0.422 bits per heavy atom. The fraction of sp³-hybridized carbons (Fsp3) is 0.190. The minimum absolute atomic E-state index is 0. The summed E-state index contributed by atoms with van der Waals surface area (Å²) < 4.78 is 0. The maximum Gasteiger partial charge on any atom is 0 e. The molecular formula is C42H40FeP2-6. The summed E-state index contributed by atoms with van der Waals surface area (Å²) in [5.41, 5.74) is 8.88. The first-order chi connectivity index (χ1) is 21.9. The van der Waals surface area contributed by atoms with Crippen molar-refractivity contribution < 1.29 is 17.1 Å². The van der Waals surface area contributed by atoms with Crippen LogP contribution in [0, 0.1) is 0 Å². The van der Waals surface area contributed by atoms with Crippen LogP contribution in [0.15, 0.2) is 170 Å². The van der Waals surface area contributed by atoms with Crippen LogP contribution in [0.5, 0.6) is 0 Å². The van der Waals surface area contributed by atoms with Crippen molar-refractivity contribution in [3.05, 3.63) is 192 Å². The Hall–Kier alpha value is -3.04. The normalized spacial score (nSPS) is 23.9. The summed E-state index contributed by atoms with van der Waals surface area (Å²) in [6, 6.07) is 62.6. The van der Waals surface area contributed by atoms with Crippen molar-refractivity contribution in [2.24, 2.45) is 0 Å². The molecule has 2 saturated heterocycles. The van der Waals surface area contributed by atoms with Crippen molar-refractivity contribution in [1.29, 1.82) is 0 Å². The summed E-state index contributed by atoms with van der Waals surface area (Å²) in [6.07, 6.45) is 5.22. The van der Waals surface area contributed by atoms with Gasteiger partial charge in [-0.05, 0) is 70.6 Å². The zero-order valence-corrected chi connectivity index (χ0v) is 28.4. The number of rotatable bonds is 6. The van der Waals surface area contributed by atoms with E-state index in [1.165, 1.54) is 47.9 Å². The van der Waals surface area contributed by atoms with E-state index in [4.69, 9.17) is 0 Å². The van der Waals surface area contributed by atoms with E-state index < -0.39 is 0 Å². The van der Waals surface area contributed by atoms with Gasteiger partial charge >= 0.3 is 0 Å². The Bertz CT molecular complexity index is 1440. The van der Waals surface area contributed by atoms with E-state index in [1.54, 1.807) is 10.6 Å². The van der Waals surface area contributed by atoms with E-state index in [1.807, 2.05) is 0 Å². The first-order valence-corrected chi connectivity index (χ1v) is 19.0. The van der Waals surface area contributed by atoms with Crippen LogP contribution < -0.4 is 10.6 Å². The van der Waals surface area contributed by atoms with Gasteiger partial charge in [-0.2, -0.15) is 12.1 Å². The predicted molar refractivity (Wildman–Crippen MR) is 192 cm³/mol. The van der Waals surface area contributed by atoms with E-state index >= 15 is 0 Å². The molecule has 45 heavy (non-hydrogen) atoms. The summed E-state index contributed by atoms with van der Waals surface area (Å²) >= 11 is 0. The topological polar surface area (TPSA) is 0 Å². The van der Waals surface area contributed by atoms with Gasteiger partial charge in [-0.15, -0.1) is 13.2 Å². The smallest absolute Gasteiger partial charge is 0 e. The third-order valence-electron chi connectivity index (χ3n) is 9.39. The molecule has 232 valence electrons. The standard InChI is InChI=1S/2C21H20P.Fe/c2*1-3-9-17(10-4-1)20-15-16-21(18-11-5-2-6-12-18)22(20)19-13-7-8-14-19;/h2*1-14,20-21H,15-16H2;/q-5;-1;. The minimum atomic E-state index is -0.183. The van der Waals surface area contributed by atoms with Gasteiger partial charge in [-0.1, -0.05) is 121 Å². The first-order valence-electron chi connectivity index (χ1n) is 16.1. The molecule has 2 aliphatic heterocycles. The van der Waals surface area contributed by atoms with E-state index in [9.17, 15) is 0 Å². The van der Waals surface area contributed by atoms with Crippen LogP contribution in [0.3, 0.4) is 0 Å². The van der Waals surface area contributed by atoms with Crippen LogP contribution in [0.25, 0.3) is 0 Å². The van der Waals surface area contributed by atoms with Gasteiger partial charge in [-0.3, -0.25) is 7.92 Å². The molecule has 4 atom stereocenters. The van der Waals surface area contributed by atoms with Crippen molar-refractivity contribution in [3.63, 3.8) is 0 Å². The Balaban J connectivity index is 0.000000155. The Morgan fingerprint density at radius 2 is 0.733 bits per heavy atom. The molecule has 2 heterocycles. The molecule has 0 saturated carbocycles. The fourth-order valence-electron chi connectivity index (χ4n) is 7.42. The maximum atomic E-state index is 2.34. The van der Waals surface area contributed by atoms with Gasteiger partial charge in [0.2, 0.25) is 0 Å². The maximum absolute atomic E-state index is 2.34. The van der Waals surface area contributed by atoms with Crippen LogP contribution in [-0.2, 0) is 17.1 Å². The molecular weight excluding hydrogens is 622 g/mol. The summed E-state index contributed by atoms with van der Waals surface area (Å²) in [4.78, 5) is 0. The fourth-order valence-corrected chi connectivity index (χ4v) is 14.4. The third kappa shape index (κ3) is 7.19. The van der Waals surface area contributed by atoms with Gasteiger partial charge in [0, 0.05) is 17.1 Å². The van der Waals surface area contributed by atoms with Gasteiger partial charge in [0.25, 0.3) is 0 Å². The zero-order chi connectivity index (χ0) is 29.6. The molecule has 0 aromatic heterocycles. The van der Waals surface area contributed by atoms with Crippen molar-refractivity contribution in [1.82, 2.24) is 0 Å². The molecule has 0 spiro atoms. The second-order valence-electron chi connectivity index (χ2n) is 12.0. The molecule has 0 amide bonds. The number of hydrogen-bond acceptors (Lipinski definition) is 0. The SMILES string of the molecule is [Fe].c1ccc(C2CCC(c3ccccc3)P2[c-]2[cH-][cH-][cH-][cH-]2)cc1.c1ccc(C2CCC(c3ccccc3)P2[c-]2cccc2)cc1. The molecule has 0 aliphatic carbocycles. The zero-order valence-electron chi connectivity index (χ0n) is 25.6. The van der Waals surface area contributed by atoms with E-state index in [-0.39, 0.29) is 32.9 Å². The molecule has 2 fully saturated rings. The molecule has 0 radical (unpaired) electrons. The molecule has 8 rings (SSSR count). The monoisotopic (exact) mass is 662 g/mol. The van der Waals surface area contributed by atoms with Crippen molar-refractivity contribution in [2.45, 2.75) is 48.3 Å². The van der Waals surface area contributed by atoms with Crippen molar-refractivity contribution in [3.8, 4) is 0 Å². The summed E-state index contributed by atoms with van der Waals surface area (Å²) in [6.45, 7) is 0.